The number of benzene rings is 1. The largest absolute Gasteiger partial charge is 0.484 e. The second kappa shape index (κ2) is 7.22. The number of ether oxygens (including phenoxy) is 1. The maximum absolute atomic E-state index is 13.9. The minimum Gasteiger partial charge on any atom is -0.484 e. The number of aromatic nitrogens is 1. The van der Waals surface area contributed by atoms with Gasteiger partial charge in [0.1, 0.15) is 16.9 Å². The number of hydrogen-bond acceptors (Lipinski definition) is 3. The molecule has 23 heavy (non-hydrogen) atoms. The minimum absolute atomic E-state index is 0.0362. The van der Waals surface area contributed by atoms with Gasteiger partial charge in [-0.1, -0.05) is 34.8 Å². The van der Waals surface area contributed by atoms with Crippen LogP contribution in [-0.4, -0.2) is 18.1 Å². The molecule has 1 N–H and O–H groups in total. The van der Waals surface area contributed by atoms with Crippen molar-refractivity contribution in [2.24, 2.45) is 5.92 Å². The first-order valence-electron chi connectivity index (χ1n) is 7.17. The number of nitrogens with zero attached hydrogens (tertiary/aromatic N) is 1. The van der Waals surface area contributed by atoms with Gasteiger partial charge in [-0.05, 0) is 31.2 Å². The molecular formula is C16H14Cl3FN2O. The third-order valence-electron chi connectivity index (χ3n) is 3.83. The van der Waals surface area contributed by atoms with E-state index in [-0.39, 0.29) is 27.8 Å². The fourth-order valence-electron chi connectivity index (χ4n) is 2.69. The van der Waals surface area contributed by atoms with Gasteiger partial charge in [0.2, 0.25) is 0 Å². The Balaban J connectivity index is 1.94. The highest BCUT2D eigenvalue weighted by atomic mass is 35.5. The van der Waals surface area contributed by atoms with Gasteiger partial charge in [-0.3, -0.25) is 4.98 Å². The van der Waals surface area contributed by atoms with E-state index in [1.54, 1.807) is 24.5 Å². The average molecular weight is 376 g/mol. The summed E-state index contributed by atoms with van der Waals surface area (Å²) in [7, 11) is 0. The molecule has 1 aliphatic rings. The molecule has 7 heteroatoms. The van der Waals surface area contributed by atoms with Crippen LogP contribution in [0.4, 0.5) is 4.39 Å². The van der Waals surface area contributed by atoms with E-state index in [1.807, 2.05) is 0 Å². The summed E-state index contributed by atoms with van der Waals surface area (Å²) in [5.41, 5.74) is 0.831. The molecule has 3 rings (SSSR count). The molecule has 2 heterocycles. The predicted octanol–water partition coefficient (Wildman–Crippen LogP) is 4.91. The van der Waals surface area contributed by atoms with Gasteiger partial charge in [0.25, 0.3) is 0 Å². The van der Waals surface area contributed by atoms with Gasteiger partial charge in [-0.25, -0.2) is 4.39 Å². The molecule has 1 fully saturated rings. The van der Waals surface area contributed by atoms with Crippen molar-refractivity contribution >= 4 is 34.8 Å². The van der Waals surface area contributed by atoms with Gasteiger partial charge in [-0.15, -0.1) is 0 Å². The molecule has 1 aliphatic heterocycles. The van der Waals surface area contributed by atoms with Gasteiger partial charge >= 0.3 is 0 Å². The fourth-order valence-corrected chi connectivity index (χ4v) is 3.29. The summed E-state index contributed by atoms with van der Waals surface area (Å²) >= 11 is 17.8. The van der Waals surface area contributed by atoms with E-state index in [9.17, 15) is 4.39 Å². The zero-order valence-electron chi connectivity index (χ0n) is 12.0. The van der Waals surface area contributed by atoms with Crippen LogP contribution in [0.5, 0.6) is 5.75 Å². The van der Waals surface area contributed by atoms with Gasteiger partial charge in [0.05, 0.1) is 10.0 Å². The summed E-state index contributed by atoms with van der Waals surface area (Å²) in [6.45, 7) is 1.70. The summed E-state index contributed by atoms with van der Waals surface area (Å²) in [5, 5.41) is 3.66. The van der Waals surface area contributed by atoms with Gasteiger partial charge in [-0.2, -0.15) is 0 Å². The highest BCUT2D eigenvalue weighted by molar-refractivity contribution is 6.35. The first-order chi connectivity index (χ1) is 11.1. The van der Waals surface area contributed by atoms with Crippen LogP contribution in [-0.2, 0) is 0 Å². The summed E-state index contributed by atoms with van der Waals surface area (Å²) in [5.74, 6) is -0.214. The Morgan fingerprint density at radius 2 is 2.09 bits per heavy atom. The summed E-state index contributed by atoms with van der Waals surface area (Å²) < 4.78 is 19.9. The Morgan fingerprint density at radius 1 is 1.26 bits per heavy atom. The third kappa shape index (κ3) is 3.72. The fraction of sp³-hybridized carbons (Fsp3) is 0.312. The first kappa shape index (κ1) is 16.8. The van der Waals surface area contributed by atoms with E-state index in [4.69, 9.17) is 39.5 Å². The molecule has 0 unspecified atom stereocenters. The van der Waals surface area contributed by atoms with Crippen LogP contribution in [0.3, 0.4) is 0 Å². The zero-order chi connectivity index (χ0) is 16.4. The van der Waals surface area contributed by atoms with Crippen LogP contribution in [0.15, 0.2) is 30.6 Å². The normalized spacial score (nSPS) is 18.9. The average Bonchev–Trinajstić information content (AvgIpc) is 3.06. The van der Waals surface area contributed by atoms with E-state index in [2.05, 4.69) is 10.3 Å². The topological polar surface area (TPSA) is 34.1 Å². The molecule has 0 spiro atoms. The van der Waals surface area contributed by atoms with Crippen molar-refractivity contribution in [1.29, 1.82) is 0 Å². The number of halogens is 4. The van der Waals surface area contributed by atoms with E-state index in [1.165, 1.54) is 6.07 Å². The molecule has 1 aromatic heterocycles. The summed E-state index contributed by atoms with van der Waals surface area (Å²) in [4.78, 5) is 4.11. The Kier molecular flexibility index (Phi) is 5.27. The molecular weight excluding hydrogens is 362 g/mol. The second-order valence-corrected chi connectivity index (χ2v) is 6.62. The Labute approximate surface area is 148 Å². The first-order valence-corrected chi connectivity index (χ1v) is 8.31. The van der Waals surface area contributed by atoms with Crippen LogP contribution in [0.2, 0.25) is 15.1 Å². The molecule has 0 saturated carbocycles. The standard InChI is InChI=1S/C16H14Cl3FN2O/c17-11-5-10(7-22-8-11)16(9-3-4-21-6-9)23-13-2-1-12(18)15(20)14(13)19/h1-2,5,7-9,16,21H,3-4,6H2/t9-,16+/m1/s1. The minimum atomic E-state index is -0.682. The van der Waals surface area contributed by atoms with E-state index in [0.717, 1.165) is 25.1 Å². The lowest BCUT2D eigenvalue weighted by molar-refractivity contribution is 0.144. The van der Waals surface area contributed by atoms with Crippen LogP contribution in [0.25, 0.3) is 0 Å². The van der Waals surface area contributed by atoms with Crippen LogP contribution in [0, 0.1) is 11.7 Å². The lowest BCUT2D eigenvalue weighted by Gasteiger charge is -2.25. The van der Waals surface area contributed by atoms with Crippen molar-refractivity contribution in [2.45, 2.75) is 12.5 Å². The van der Waals surface area contributed by atoms with Gasteiger partial charge in [0.15, 0.2) is 5.82 Å². The second-order valence-electron chi connectivity index (χ2n) is 5.40. The van der Waals surface area contributed by atoms with Crippen molar-refractivity contribution < 1.29 is 9.13 Å². The number of rotatable bonds is 4. The van der Waals surface area contributed by atoms with Crippen LogP contribution in [0.1, 0.15) is 18.1 Å². The highest BCUT2D eigenvalue weighted by Gasteiger charge is 2.29. The molecule has 1 saturated heterocycles. The lowest BCUT2D eigenvalue weighted by atomic mass is 9.96. The lowest BCUT2D eigenvalue weighted by Crippen LogP contribution is -2.21. The van der Waals surface area contributed by atoms with Crippen molar-refractivity contribution in [3.63, 3.8) is 0 Å². The number of nitrogens with one attached hydrogen (secondary N) is 1. The zero-order valence-corrected chi connectivity index (χ0v) is 14.3. The molecule has 3 nitrogen and oxygen atoms in total. The van der Waals surface area contributed by atoms with Crippen LogP contribution >= 0.6 is 34.8 Å². The molecule has 0 bridgehead atoms. The predicted molar refractivity (Wildman–Crippen MR) is 90.0 cm³/mol. The molecule has 0 radical (unpaired) electrons. The third-order valence-corrected chi connectivity index (χ3v) is 4.69. The quantitative estimate of drug-likeness (QED) is 0.771. The van der Waals surface area contributed by atoms with E-state index in [0.29, 0.717) is 5.02 Å². The van der Waals surface area contributed by atoms with E-state index < -0.39 is 5.82 Å². The molecule has 0 amide bonds. The van der Waals surface area contributed by atoms with Crippen molar-refractivity contribution in [3.05, 3.63) is 57.0 Å². The maximum atomic E-state index is 13.9. The highest BCUT2D eigenvalue weighted by Crippen LogP contribution is 2.38. The Morgan fingerprint density at radius 3 is 2.78 bits per heavy atom. The molecule has 2 atom stereocenters. The maximum Gasteiger partial charge on any atom is 0.164 e. The van der Waals surface area contributed by atoms with Gasteiger partial charge < -0.3 is 10.1 Å². The molecule has 2 aromatic rings. The Bertz CT molecular complexity index is 708. The van der Waals surface area contributed by atoms with Crippen molar-refractivity contribution in [2.75, 3.05) is 13.1 Å². The molecule has 1 aromatic carbocycles. The number of pyridine rings is 1. The van der Waals surface area contributed by atoms with Gasteiger partial charge in [0, 0.05) is 30.4 Å². The molecule has 122 valence electrons. The van der Waals surface area contributed by atoms with Crippen LogP contribution < -0.4 is 10.1 Å². The van der Waals surface area contributed by atoms with E-state index >= 15 is 0 Å². The molecule has 0 aliphatic carbocycles. The SMILES string of the molecule is Fc1c(Cl)ccc(O[C@H](c2cncc(Cl)c2)[C@@H]2CCNC2)c1Cl. The summed E-state index contributed by atoms with van der Waals surface area (Å²) in [6.07, 6.45) is 3.87. The number of hydrogen-bond donors (Lipinski definition) is 1. The summed E-state index contributed by atoms with van der Waals surface area (Å²) in [6, 6.07) is 4.80. The monoisotopic (exact) mass is 374 g/mol. The Hall–Kier alpha value is -1.07. The smallest absolute Gasteiger partial charge is 0.164 e. The van der Waals surface area contributed by atoms with Crippen molar-refractivity contribution in [3.8, 4) is 5.75 Å². The van der Waals surface area contributed by atoms with Crippen molar-refractivity contribution in [1.82, 2.24) is 10.3 Å².